The van der Waals surface area contributed by atoms with Crippen LogP contribution in [0.1, 0.15) is 72.6 Å². The first-order valence-electron chi connectivity index (χ1n) is 10.8. The summed E-state index contributed by atoms with van der Waals surface area (Å²) in [4.78, 5) is 24.8. The van der Waals surface area contributed by atoms with Gasteiger partial charge in [0, 0.05) is 23.8 Å². The van der Waals surface area contributed by atoms with E-state index in [0.717, 1.165) is 19.3 Å². The first kappa shape index (κ1) is 18.3. The number of fused-ring (bicyclic) bond motifs is 5. The Hall–Kier alpha value is -1.12. The minimum atomic E-state index is 0.0757. The predicted octanol–water partition coefficient (Wildman–Crippen LogP) is 4.52. The van der Waals surface area contributed by atoms with Crippen LogP contribution in [0.25, 0.3) is 0 Å². The summed E-state index contributed by atoms with van der Waals surface area (Å²) in [6.07, 6.45) is 11.7. The van der Waals surface area contributed by atoms with Crippen LogP contribution in [-0.4, -0.2) is 17.7 Å². The maximum atomic E-state index is 12.9. The number of amides is 1. The van der Waals surface area contributed by atoms with Crippen LogP contribution >= 0.6 is 0 Å². The number of carbonyl (C=O) groups is 2. The molecular weight excluding hydrogens is 322 g/mol. The normalized spacial score (nSPS) is 47.1. The van der Waals surface area contributed by atoms with Gasteiger partial charge in [-0.05, 0) is 73.7 Å². The molecule has 4 aliphatic rings. The van der Waals surface area contributed by atoms with Gasteiger partial charge in [0.15, 0.2) is 0 Å². The van der Waals surface area contributed by atoms with Gasteiger partial charge in [-0.15, -0.1) is 0 Å². The van der Waals surface area contributed by atoms with Gasteiger partial charge in [-0.25, -0.2) is 0 Å². The number of Topliss-reactive ketones (excluding diaryl/α,β-unsaturated/α-hetero) is 1. The number of rotatable bonds is 3. The Kier molecular flexibility index (Phi) is 4.36. The van der Waals surface area contributed by atoms with Gasteiger partial charge < -0.3 is 5.32 Å². The first-order chi connectivity index (χ1) is 12.3. The quantitative estimate of drug-likeness (QED) is 0.807. The maximum Gasteiger partial charge on any atom is 0.243 e. The lowest BCUT2D eigenvalue weighted by molar-refractivity contribution is -0.132. The second-order valence-electron chi connectivity index (χ2n) is 10.5. The molecule has 0 aromatic carbocycles. The van der Waals surface area contributed by atoms with E-state index in [2.05, 4.69) is 39.1 Å². The largest absolute Gasteiger partial charge is 0.349 e. The molecule has 3 heteroatoms. The van der Waals surface area contributed by atoms with Crippen molar-refractivity contribution in [3.05, 3.63) is 12.2 Å². The van der Waals surface area contributed by atoms with E-state index < -0.39 is 0 Å². The standard InChI is InChI=1S/C23H35NO2/c1-14(2)13-19(25)18-7-6-16-15-5-8-20-23(4,12-10-21(26)24-20)17(15)9-11-22(16,18)3/h10,12,14-18,20H,5-9,11,13H2,1-4H3,(H,24,26)/t15?,16?,17?,18?,20?,22-,23?/m0/s1. The summed E-state index contributed by atoms with van der Waals surface area (Å²) >= 11 is 0. The van der Waals surface area contributed by atoms with Gasteiger partial charge in [-0.3, -0.25) is 9.59 Å². The molecule has 3 fully saturated rings. The van der Waals surface area contributed by atoms with Gasteiger partial charge in [-0.1, -0.05) is 33.8 Å². The van der Waals surface area contributed by atoms with Crippen molar-refractivity contribution in [2.75, 3.05) is 0 Å². The molecule has 0 bridgehead atoms. The fourth-order valence-electron chi connectivity index (χ4n) is 7.41. The Morgan fingerprint density at radius 3 is 2.65 bits per heavy atom. The van der Waals surface area contributed by atoms with E-state index in [1.807, 2.05) is 0 Å². The minimum Gasteiger partial charge on any atom is -0.349 e. The molecule has 0 aromatic rings. The van der Waals surface area contributed by atoms with E-state index in [1.54, 1.807) is 6.08 Å². The molecule has 1 amide bonds. The van der Waals surface area contributed by atoms with Crippen LogP contribution in [0, 0.1) is 40.4 Å². The van der Waals surface area contributed by atoms with Crippen LogP contribution < -0.4 is 5.32 Å². The summed E-state index contributed by atoms with van der Waals surface area (Å²) in [5.74, 6) is 3.39. The van der Waals surface area contributed by atoms with E-state index in [0.29, 0.717) is 35.5 Å². The Bertz CT molecular complexity index is 638. The summed E-state index contributed by atoms with van der Waals surface area (Å²) in [6, 6.07) is 0.297. The molecule has 1 heterocycles. The van der Waals surface area contributed by atoms with Crippen molar-refractivity contribution in [2.45, 2.75) is 78.7 Å². The molecule has 26 heavy (non-hydrogen) atoms. The Morgan fingerprint density at radius 2 is 1.92 bits per heavy atom. The van der Waals surface area contributed by atoms with Crippen molar-refractivity contribution >= 4 is 11.7 Å². The smallest absolute Gasteiger partial charge is 0.243 e. The molecule has 0 saturated heterocycles. The van der Waals surface area contributed by atoms with E-state index in [-0.39, 0.29) is 22.7 Å². The van der Waals surface area contributed by atoms with Crippen LogP contribution in [0.2, 0.25) is 0 Å². The van der Waals surface area contributed by atoms with Crippen molar-refractivity contribution in [1.29, 1.82) is 0 Å². The van der Waals surface area contributed by atoms with E-state index in [1.165, 1.54) is 25.7 Å². The van der Waals surface area contributed by atoms with Crippen LogP contribution in [0.3, 0.4) is 0 Å². The average molecular weight is 358 g/mol. The van der Waals surface area contributed by atoms with Crippen molar-refractivity contribution in [3.63, 3.8) is 0 Å². The highest BCUT2D eigenvalue weighted by molar-refractivity contribution is 5.89. The molecule has 3 aliphatic carbocycles. The van der Waals surface area contributed by atoms with Gasteiger partial charge in [0.05, 0.1) is 0 Å². The zero-order valence-electron chi connectivity index (χ0n) is 16.9. The molecule has 6 unspecified atom stereocenters. The fraction of sp³-hybridized carbons (Fsp3) is 0.826. The zero-order valence-corrected chi connectivity index (χ0v) is 16.9. The molecule has 3 saturated carbocycles. The summed E-state index contributed by atoms with van der Waals surface area (Å²) < 4.78 is 0. The average Bonchev–Trinajstić information content (AvgIpc) is 2.92. The van der Waals surface area contributed by atoms with Crippen molar-refractivity contribution in [2.24, 2.45) is 40.4 Å². The van der Waals surface area contributed by atoms with Gasteiger partial charge in [0.2, 0.25) is 5.91 Å². The molecular formula is C23H35NO2. The second kappa shape index (κ2) is 6.21. The molecule has 144 valence electrons. The highest BCUT2D eigenvalue weighted by atomic mass is 16.1. The second-order valence-corrected chi connectivity index (χ2v) is 10.5. The van der Waals surface area contributed by atoms with Crippen LogP contribution in [0.15, 0.2) is 12.2 Å². The van der Waals surface area contributed by atoms with E-state index in [9.17, 15) is 9.59 Å². The number of hydrogen-bond acceptors (Lipinski definition) is 2. The van der Waals surface area contributed by atoms with E-state index in [4.69, 9.17) is 0 Å². The van der Waals surface area contributed by atoms with Gasteiger partial charge in [-0.2, -0.15) is 0 Å². The highest BCUT2D eigenvalue weighted by Crippen LogP contribution is 2.65. The third kappa shape index (κ3) is 2.60. The SMILES string of the molecule is CC(C)CC(=O)C1CCC2C3CCC4NC(=O)C=CC4(C)C3CC[C@]12C. The number of ketones is 1. The van der Waals surface area contributed by atoms with Crippen LogP contribution in [0.4, 0.5) is 0 Å². The molecule has 4 rings (SSSR count). The van der Waals surface area contributed by atoms with Gasteiger partial charge in [0.25, 0.3) is 0 Å². The zero-order chi connectivity index (χ0) is 18.7. The van der Waals surface area contributed by atoms with E-state index >= 15 is 0 Å². The molecule has 1 aliphatic heterocycles. The molecule has 3 nitrogen and oxygen atoms in total. The summed E-state index contributed by atoms with van der Waals surface area (Å²) in [5.41, 5.74) is 0.302. The number of hydrogen-bond donors (Lipinski definition) is 1. The predicted molar refractivity (Wildman–Crippen MR) is 103 cm³/mol. The maximum absolute atomic E-state index is 12.9. The lowest BCUT2D eigenvalue weighted by atomic mass is 9.47. The van der Waals surface area contributed by atoms with Crippen LogP contribution in [0.5, 0.6) is 0 Å². The molecule has 0 aromatic heterocycles. The van der Waals surface area contributed by atoms with Crippen molar-refractivity contribution in [1.82, 2.24) is 5.32 Å². The Balaban J connectivity index is 1.59. The van der Waals surface area contributed by atoms with Crippen molar-refractivity contribution in [3.8, 4) is 0 Å². The van der Waals surface area contributed by atoms with Gasteiger partial charge in [0.1, 0.15) is 5.78 Å². The summed E-state index contributed by atoms with van der Waals surface area (Å²) in [6.45, 7) is 9.12. The molecule has 0 radical (unpaired) electrons. The summed E-state index contributed by atoms with van der Waals surface area (Å²) in [7, 11) is 0. The topological polar surface area (TPSA) is 46.2 Å². The van der Waals surface area contributed by atoms with Crippen molar-refractivity contribution < 1.29 is 9.59 Å². The monoisotopic (exact) mass is 357 g/mol. The first-order valence-corrected chi connectivity index (χ1v) is 10.8. The molecule has 0 spiro atoms. The summed E-state index contributed by atoms with van der Waals surface area (Å²) in [5, 5.41) is 3.23. The third-order valence-electron chi connectivity index (χ3n) is 8.68. The minimum absolute atomic E-state index is 0.0757. The number of carbonyl (C=O) groups excluding carboxylic acids is 2. The molecule has 1 N–H and O–H groups in total. The lowest BCUT2D eigenvalue weighted by Gasteiger charge is -2.58. The third-order valence-corrected chi connectivity index (χ3v) is 8.68. The fourth-order valence-corrected chi connectivity index (χ4v) is 7.41. The molecule has 7 atom stereocenters. The highest BCUT2D eigenvalue weighted by Gasteiger charge is 2.60. The Morgan fingerprint density at radius 1 is 1.15 bits per heavy atom. The lowest BCUT2D eigenvalue weighted by Crippen LogP contribution is -2.59. The van der Waals surface area contributed by atoms with Crippen LogP contribution in [-0.2, 0) is 9.59 Å². The Labute approximate surface area is 158 Å². The van der Waals surface area contributed by atoms with Gasteiger partial charge >= 0.3 is 0 Å². The number of nitrogens with one attached hydrogen (secondary N) is 1.